The van der Waals surface area contributed by atoms with Crippen LogP contribution in [0.4, 0.5) is 11.4 Å². The van der Waals surface area contributed by atoms with Gasteiger partial charge < -0.3 is 35.2 Å². The normalized spacial score (nSPS) is 14.0. The number of fused-ring (bicyclic) bond motifs is 10. The lowest BCUT2D eigenvalue weighted by atomic mass is 9.75. The second-order valence-corrected chi connectivity index (χ2v) is 48.6. The van der Waals surface area contributed by atoms with Crippen molar-refractivity contribution in [3.63, 3.8) is 0 Å². The zero-order valence-corrected chi connectivity index (χ0v) is 83.4. The Balaban J connectivity index is 0.000000216. The van der Waals surface area contributed by atoms with Gasteiger partial charge in [-0.1, -0.05) is 260 Å². The summed E-state index contributed by atoms with van der Waals surface area (Å²) in [5.41, 5.74) is 10.5. The van der Waals surface area contributed by atoms with Crippen molar-refractivity contribution >= 4 is 69.7 Å². The fourth-order valence-corrected chi connectivity index (χ4v) is 17.3. The summed E-state index contributed by atoms with van der Waals surface area (Å²) in [6.07, 6.45) is 0.588. The standard InChI is InChI=1S/C28H32NO3P.C23H26N4O.C23H28N4.C12H23NO.C10H21NO.C9H19NO/c1-27(2,3)25(30)20-17-18-23(26(31)29-28(4,5)6)24(19-20)33(32,21-13-9-7-10-14-21)22-15-11-8-12-16-22;1-22(2,3)26-18-14-10-9-13-17(18)20-19(24-25-27(20)23(4,5)6)15-11-7-8-12-16(15)21(26)28;1-22(2,3)26-15-16-11-7-8-12-17(16)20-21(18-13-9-10-14-19(18)26)27(25-24-20)23(4,5)6;1-11(2,3)9-7-13(8-9)10(14)12(4,5)6;1-9(2,3)7-8(12)11-10(4,5)6;1-8(2,3)7(11)10-9(4,5)6/h7-19H,1-6H3,(H,29,31);7-14H,1-6H3;7-14H,15H2,1-6H3;9H,7-8H2,1-6H3;7H2,1-6H3,(H,11,12);1-6H3,(H,10,11). The number of hydrogen-bond donors (Lipinski definition) is 3. The van der Waals surface area contributed by atoms with Crippen LogP contribution in [0.1, 0.15) is 292 Å². The Kier molecular flexibility index (Phi) is 31.2. The van der Waals surface area contributed by atoms with Gasteiger partial charge >= 0.3 is 0 Å². The van der Waals surface area contributed by atoms with Gasteiger partial charge in [-0.3, -0.25) is 28.8 Å². The second-order valence-electron chi connectivity index (χ2n) is 45.9. The zero-order chi connectivity index (χ0) is 94.5. The van der Waals surface area contributed by atoms with Crippen molar-refractivity contribution in [3.8, 4) is 45.0 Å². The summed E-state index contributed by atoms with van der Waals surface area (Å²) in [4.78, 5) is 81.1. The van der Waals surface area contributed by atoms with Crippen LogP contribution in [0.15, 0.2) is 176 Å². The van der Waals surface area contributed by atoms with Crippen LogP contribution in [0.25, 0.3) is 45.0 Å². The van der Waals surface area contributed by atoms with Crippen LogP contribution in [0.5, 0.6) is 0 Å². The number of hydrogen-bond acceptors (Lipinski definition) is 12. The van der Waals surface area contributed by atoms with Crippen molar-refractivity contribution in [1.29, 1.82) is 0 Å². The second kappa shape index (κ2) is 38.2. The summed E-state index contributed by atoms with van der Waals surface area (Å²) in [6, 6.07) is 56.3. The summed E-state index contributed by atoms with van der Waals surface area (Å²) in [5, 5.41) is 28.7. The molecule has 125 heavy (non-hydrogen) atoms. The van der Waals surface area contributed by atoms with E-state index in [1.54, 1.807) is 18.2 Å². The number of nitrogens with zero attached hydrogens (tertiary/aromatic N) is 9. The molecule has 0 unspecified atom stereocenters. The maximum absolute atomic E-state index is 15.0. The molecule has 0 bridgehead atoms. The highest BCUT2D eigenvalue weighted by Crippen LogP contribution is 2.48. The van der Waals surface area contributed by atoms with E-state index < -0.39 is 23.6 Å². The van der Waals surface area contributed by atoms with Gasteiger partial charge in [0.2, 0.25) is 17.7 Å². The van der Waals surface area contributed by atoms with Gasteiger partial charge in [-0.05, 0) is 198 Å². The van der Waals surface area contributed by atoms with Crippen molar-refractivity contribution in [1.82, 2.24) is 50.8 Å². The molecule has 1 fully saturated rings. The van der Waals surface area contributed by atoms with E-state index in [1.807, 2.05) is 242 Å². The minimum Gasteiger partial charge on any atom is -0.362 e. The predicted molar refractivity (Wildman–Crippen MR) is 519 cm³/mol. The number of nitrogens with one attached hydrogen (secondary N) is 3. The fourth-order valence-electron chi connectivity index (χ4n) is 14.5. The molecule has 0 saturated carbocycles. The molecule has 5 amide bonds. The first-order valence-electron chi connectivity index (χ1n) is 44.0. The first-order valence-corrected chi connectivity index (χ1v) is 45.8. The molecule has 19 nitrogen and oxygen atoms in total. The summed E-state index contributed by atoms with van der Waals surface area (Å²) in [5.74, 6) is 0.789. The molecule has 9 aromatic rings. The van der Waals surface area contributed by atoms with Gasteiger partial charge in [0, 0.05) is 125 Å². The number of benzene rings is 7. The maximum Gasteiger partial charge on any atom is 0.259 e. The van der Waals surface area contributed by atoms with Crippen LogP contribution in [0, 0.1) is 33.0 Å². The third kappa shape index (κ3) is 26.7. The van der Waals surface area contributed by atoms with Crippen LogP contribution in [-0.4, -0.2) is 111 Å². The van der Waals surface area contributed by atoms with Gasteiger partial charge in [-0.15, -0.1) is 10.2 Å². The molecule has 0 atom stereocenters. The highest BCUT2D eigenvalue weighted by Gasteiger charge is 2.43. The maximum atomic E-state index is 15.0. The number of ketones is 1. The van der Waals surface area contributed by atoms with E-state index in [4.69, 9.17) is 0 Å². The van der Waals surface area contributed by atoms with Crippen LogP contribution >= 0.6 is 7.14 Å². The molecule has 3 N–H and O–H groups in total. The van der Waals surface area contributed by atoms with E-state index in [2.05, 4.69) is 225 Å². The summed E-state index contributed by atoms with van der Waals surface area (Å²) < 4.78 is 19.1. The molecule has 3 aliphatic rings. The van der Waals surface area contributed by atoms with Crippen molar-refractivity contribution < 1.29 is 33.3 Å². The van der Waals surface area contributed by atoms with Crippen molar-refractivity contribution in [2.75, 3.05) is 22.9 Å². The number of carbonyl (C=O) groups excluding carboxylic acids is 6. The van der Waals surface area contributed by atoms with E-state index in [0.717, 1.165) is 59.2 Å². The Hall–Kier alpha value is -10.1. The number of likely N-dealkylation sites (tertiary alicyclic amines) is 1. The Bertz CT molecular complexity index is 5250. The first kappa shape index (κ1) is 102. The quantitative estimate of drug-likeness (QED) is 0.104. The molecular formula is C105H149N12O7P. The van der Waals surface area contributed by atoms with Gasteiger partial charge in [0.15, 0.2) is 12.9 Å². The molecule has 5 heterocycles. The largest absolute Gasteiger partial charge is 0.362 e. The van der Waals surface area contributed by atoms with Crippen LogP contribution in [0.2, 0.25) is 0 Å². The lowest BCUT2D eigenvalue weighted by Crippen LogP contribution is -2.57. The Labute approximate surface area is 749 Å². The first-order chi connectivity index (χ1) is 57.0. The van der Waals surface area contributed by atoms with Crippen LogP contribution in [0.3, 0.4) is 0 Å². The summed E-state index contributed by atoms with van der Waals surface area (Å²) in [7, 11) is -3.47. The topological polar surface area (TPSA) is 227 Å². The fraction of sp³-hybridized carbons (Fsp3) is 0.505. The molecule has 1 saturated heterocycles. The number of rotatable bonds is 6. The monoisotopic (exact) mass is 1720 g/mol. The third-order valence-electron chi connectivity index (χ3n) is 20.8. The van der Waals surface area contributed by atoms with Crippen LogP contribution < -0.4 is 41.7 Å². The molecule has 0 radical (unpaired) electrons. The van der Waals surface area contributed by atoms with Crippen molar-refractivity contribution in [2.45, 2.75) is 301 Å². The Morgan fingerprint density at radius 2 is 0.824 bits per heavy atom. The summed E-state index contributed by atoms with van der Waals surface area (Å²) >= 11 is 0. The highest BCUT2D eigenvalue weighted by atomic mass is 31.2. The van der Waals surface area contributed by atoms with E-state index >= 15 is 4.57 Å². The molecule has 676 valence electrons. The van der Waals surface area contributed by atoms with E-state index in [-0.39, 0.29) is 79.3 Å². The highest BCUT2D eigenvalue weighted by molar-refractivity contribution is 7.85. The van der Waals surface area contributed by atoms with E-state index in [1.165, 1.54) is 22.4 Å². The number of carbonyl (C=O) groups is 6. The number of para-hydroxylation sites is 2. The summed E-state index contributed by atoms with van der Waals surface area (Å²) in [6.45, 7) is 76.4. The van der Waals surface area contributed by atoms with Gasteiger partial charge in [0.1, 0.15) is 11.4 Å². The molecular weight excluding hydrogens is 1570 g/mol. The van der Waals surface area contributed by atoms with Gasteiger partial charge in [-0.2, -0.15) is 0 Å². The SMILES string of the molecule is CC(C)(C)C(=O)N1CC(C(C)(C)C)C1.CC(C)(C)CC(=O)NC(C)(C)C.CC(C)(C)N1C(=O)c2ccccc2-c2nnn(C(C)(C)C)c2-c2ccccc21.CC(C)(C)N1Cc2ccccc2-c2nnn(C(C)(C)C)c2-c2ccccc21.CC(C)(C)NC(=O)C(C)(C)C.CC(C)(C)NC(=O)c1ccc(C(=O)C(C)(C)C)cc1P(=O)(c1ccccc1)c1ccccc1. The minimum absolute atomic E-state index is 0.0132. The molecule has 12 rings (SSSR count). The smallest absolute Gasteiger partial charge is 0.259 e. The molecule has 20 heteroatoms. The Morgan fingerprint density at radius 3 is 1.22 bits per heavy atom. The van der Waals surface area contributed by atoms with Gasteiger partial charge in [0.25, 0.3) is 11.8 Å². The third-order valence-corrected chi connectivity index (χ3v) is 23.9. The average Bonchev–Trinajstić information content (AvgIpc) is 1.73. The molecule has 0 spiro atoms. The number of Topliss-reactive ketones (excluding diaryl/α,β-unsaturated/α-hetero) is 1. The minimum atomic E-state index is -3.47. The average molecular weight is 1720 g/mol. The van der Waals surface area contributed by atoms with Crippen molar-refractivity contribution in [3.05, 3.63) is 198 Å². The van der Waals surface area contributed by atoms with Gasteiger partial charge in [-0.25, -0.2) is 9.36 Å². The lowest BCUT2D eigenvalue weighted by molar-refractivity contribution is -0.148. The molecule has 7 aromatic carbocycles. The van der Waals surface area contributed by atoms with E-state index in [0.29, 0.717) is 50.4 Å². The molecule has 2 aromatic heterocycles. The predicted octanol–water partition coefficient (Wildman–Crippen LogP) is 22.5. The molecule has 0 aliphatic carbocycles. The Morgan fingerprint density at radius 1 is 0.416 bits per heavy atom. The lowest BCUT2D eigenvalue weighted by Gasteiger charge is -2.48. The van der Waals surface area contributed by atoms with Crippen LogP contribution in [-0.2, 0) is 36.6 Å². The van der Waals surface area contributed by atoms with Gasteiger partial charge in [0.05, 0.1) is 33.7 Å². The number of amides is 5. The zero-order valence-electron chi connectivity index (χ0n) is 82.5. The van der Waals surface area contributed by atoms with E-state index in [9.17, 15) is 28.8 Å². The van der Waals surface area contributed by atoms with Crippen molar-refractivity contribution in [2.24, 2.45) is 33.0 Å². The molecule has 3 aliphatic heterocycles. The number of anilines is 2. The number of aromatic nitrogens is 6.